The number of pyridine rings is 1. The lowest BCUT2D eigenvalue weighted by Gasteiger charge is -1.93. The Balaban J connectivity index is 2.77. The highest BCUT2D eigenvalue weighted by molar-refractivity contribution is 7.71. The Hall–Kier alpha value is -1.35. The van der Waals surface area contributed by atoms with Gasteiger partial charge in [-0.3, -0.25) is 4.40 Å². The summed E-state index contributed by atoms with van der Waals surface area (Å²) in [5.41, 5.74) is 2.26. The number of H-pyrrole nitrogens is 1. The lowest BCUT2D eigenvalue weighted by Crippen LogP contribution is -1.83. The van der Waals surface area contributed by atoms with Crippen LogP contribution in [0.4, 0.5) is 0 Å². The van der Waals surface area contributed by atoms with Gasteiger partial charge in [0.05, 0.1) is 5.52 Å². The average molecular weight is 190 g/mol. The number of allylic oxidation sites excluding steroid dienone is 1. The Kier molecular flexibility index (Phi) is 2.02. The van der Waals surface area contributed by atoms with Gasteiger partial charge in [0.2, 0.25) is 0 Å². The fourth-order valence-electron chi connectivity index (χ4n) is 1.42. The predicted molar refractivity (Wildman–Crippen MR) is 56.5 cm³/mol. The van der Waals surface area contributed by atoms with Crippen LogP contribution < -0.4 is 0 Å². The van der Waals surface area contributed by atoms with Crippen molar-refractivity contribution in [2.45, 2.75) is 6.42 Å². The Morgan fingerprint density at radius 2 is 2.38 bits per heavy atom. The molecule has 0 radical (unpaired) electrons. The molecular formula is C10H10N2S. The van der Waals surface area contributed by atoms with E-state index in [1.54, 1.807) is 0 Å². The molecule has 0 aromatic carbocycles. The molecular weight excluding hydrogens is 180 g/mol. The largest absolute Gasteiger partial charge is 0.333 e. The summed E-state index contributed by atoms with van der Waals surface area (Å²) in [4.78, 5) is 3.16. The second-order valence-electron chi connectivity index (χ2n) is 2.86. The highest BCUT2D eigenvalue weighted by Gasteiger charge is 2.00. The maximum Gasteiger partial charge on any atom is 0.182 e. The molecule has 0 saturated heterocycles. The number of rotatable bonds is 2. The smallest absolute Gasteiger partial charge is 0.182 e. The van der Waals surface area contributed by atoms with Gasteiger partial charge in [-0.25, -0.2) is 0 Å². The number of hydrogen-bond donors (Lipinski definition) is 1. The average Bonchev–Trinajstić information content (AvgIpc) is 2.46. The van der Waals surface area contributed by atoms with Crippen molar-refractivity contribution in [2.24, 2.45) is 0 Å². The molecule has 66 valence electrons. The second kappa shape index (κ2) is 3.18. The SMILES string of the molecule is C=CCc1[nH]c(=S)n2ccccc12. The quantitative estimate of drug-likeness (QED) is 0.570. The van der Waals surface area contributed by atoms with E-state index in [0.29, 0.717) is 0 Å². The molecule has 0 amide bonds. The van der Waals surface area contributed by atoms with E-state index in [1.807, 2.05) is 34.9 Å². The van der Waals surface area contributed by atoms with Crippen LogP contribution in [-0.2, 0) is 6.42 Å². The molecule has 0 spiro atoms. The first-order valence-electron chi connectivity index (χ1n) is 4.12. The molecule has 13 heavy (non-hydrogen) atoms. The van der Waals surface area contributed by atoms with Crippen LogP contribution in [0.3, 0.4) is 0 Å². The van der Waals surface area contributed by atoms with Crippen LogP contribution >= 0.6 is 12.2 Å². The third-order valence-electron chi connectivity index (χ3n) is 1.99. The second-order valence-corrected chi connectivity index (χ2v) is 3.24. The van der Waals surface area contributed by atoms with Gasteiger partial charge in [-0.2, -0.15) is 0 Å². The van der Waals surface area contributed by atoms with Crippen LogP contribution in [0.15, 0.2) is 37.1 Å². The lowest BCUT2D eigenvalue weighted by atomic mass is 10.2. The van der Waals surface area contributed by atoms with Crippen LogP contribution in [0.2, 0.25) is 0 Å². The normalized spacial score (nSPS) is 10.5. The zero-order chi connectivity index (χ0) is 9.26. The first-order chi connectivity index (χ1) is 6.33. The molecule has 0 fully saturated rings. The van der Waals surface area contributed by atoms with Crippen LogP contribution in [0, 0.1) is 4.77 Å². The summed E-state index contributed by atoms with van der Waals surface area (Å²) in [7, 11) is 0. The Bertz CT molecular complexity index is 493. The fourth-order valence-corrected chi connectivity index (χ4v) is 1.70. The van der Waals surface area contributed by atoms with Crippen molar-refractivity contribution in [1.29, 1.82) is 0 Å². The molecule has 0 unspecified atom stereocenters. The highest BCUT2D eigenvalue weighted by atomic mass is 32.1. The number of nitrogens with zero attached hydrogens (tertiary/aromatic N) is 1. The van der Waals surface area contributed by atoms with Gasteiger partial charge in [0.25, 0.3) is 0 Å². The monoisotopic (exact) mass is 190 g/mol. The van der Waals surface area contributed by atoms with Crippen LogP contribution in [0.5, 0.6) is 0 Å². The van der Waals surface area contributed by atoms with Gasteiger partial charge in [0.15, 0.2) is 4.77 Å². The van der Waals surface area contributed by atoms with E-state index in [-0.39, 0.29) is 0 Å². The van der Waals surface area contributed by atoms with Gasteiger partial charge in [-0.05, 0) is 24.4 Å². The lowest BCUT2D eigenvalue weighted by molar-refractivity contribution is 1.10. The van der Waals surface area contributed by atoms with Gasteiger partial charge in [-0.15, -0.1) is 6.58 Å². The number of fused-ring (bicyclic) bond motifs is 1. The molecule has 0 atom stereocenters. The van der Waals surface area contributed by atoms with E-state index in [1.165, 1.54) is 0 Å². The third kappa shape index (κ3) is 1.31. The van der Waals surface area contributed by atoms with Crippen LogP contribution in [0.1, 0.15) is 5.69 Å². The van der Waals surface area contributed by atoms with Crippen molar-refractivity contribution >= 4 is 17.7 Å². The molecule has 3 heteroatoms. The van der Waals surface area contributed by atoms with Gasteiger partial charge in [0.1, 0.15) is 0 Å². The van der Waals surface area contributed by atoms with Crippen molar-refractivity contribution in [1.82, 2.24) is 9.38 Å². The Morgan fingerprint density at radius 3 is 3.15 bits per heavy atom. The molecule has 2 rings (SSSR count). The molecule has 0 aliphatic heterocycles. The van der Waals surface area contributed by atoms with Crippen molar-refractivity contribution in [3.63, 3.8) is 0 Å². The minimum Gasteiger partial charge on any atom is -0.333 e. The number of nitrogens with one attached hydrogen (secondary N) is 1. The Labute approximate surface area is 81.5 Å². The number of aromatic amines is 1. The van der Waals surface area contributed by atoms with Gasteiger partial charge < -0.3 is 4.98 Å². The number of hydrogen-bond acceptors (Lipinski definition) is 1. The topological polar surface area (TPSA) is 20.2 Å². The molecule has 0 aliphatic rings. The van der Waals surface area contributed by atoms with Crippen LogP contribution in [0.25, 0.3) is 5.52 Å². The summed E-state index contributed by atoms with van der Waals surface area (Å²) in [6.07, 6.45) is 4.65. The minimum absolute atomic E-state index is 0.743. The van der Waals surface area contributed by atoms with E-state index in [9.17, 15) is 0 Å². The van der Waals surface area contributed by atoms with E-state index >= 15 is 0 Å². The van der Waals surface area contributed by atoms with E-state index in [4.69, 9.17) is 12.2 Å². The van der Waals surface area contributed by atoms with Gasteiger partial charge >= 0.3 is 0 Å². The van der Waals surface area contributed by atoms with Crippen molar-refractivity contribution in [2.75, 3.05) is 0 Å². The molecule has 2 aromatic heterocycles. The van der Waals surface area contributed by atoms with E-state index < -0.39 is 0 Å². The molecule has 2 aromatic rings. The van der Waals surface area contributed by atoms with Crippen LogP contribution in [-0.4, -0.2) is 9.38 Å². The summed E-state index contributed by atoms with van der Waals surface area (Å²) in [5, 5.41) is 0. The van der Waals surface area contributed by atoms with Crippen molar-refractivity contribution < 1.29 is 0 Å². The summed E-state index contributed by atoms with van der Waals surface area (Å²) in [5.74, 6) is 0. The predicted octanol–water partition coefficient (Wildman–Crippen LogP) is 2.73. The summed E-state index contributed by atoms with van der Waals surface area (Å²) in [6, 6.07) is 6.02. The molecule has 0 saturated carbocycles. The standard InChI is InChI=1S/C10H10N2S/c1-2-5-8-9-6-3-4-7-12(9)10(13)11-8/h2-4,6-7H,1,5H2,(H,11,13). The minimum atomic E-state index is 0.743. The number of imidazole rings is 1. The molecule has 2 nitrogen and oxygen atoms in total. The summed E-state index contributed by atoms with van der Waals surface area (Å²) in [6.45, 7) is 3.71. The van der Waals surface area contributed by atoms with Crippen molar-refractivity contribution in [3.8, 4) is 0 Å². The fraction of sp³-hybridized carbons (Fsp3) is 0.100. The van der Waals surface area contributed by atoms with Gasteiger partial charge in [0, 0.05) is 18.3 Å². The first kappa shape index (κ1) is 8.26. The molecule has 1 N–H and O–H groups in total. The first-order valence-corrected chi connectivity index (χ1v) is 4.53. The van der Waals surface area contributed by atoms with Gasteiger partial charge in [-0.1, -0.05) is 12.1 Å². The molecule has 2 heterocycles. The maximum atomic E-state index is 5.16. The van der Waals surface area contributed by atoms with E-state index in [2.05, 4.69) is 11.6 Å². The molecule has 0 bridgehead atoms. The third-order valence-corrected chi connectivity index (χ3v) is 2.29. The number of aromatic nitrogens is 2. The summed E-state index contributed by atoms with van der Waals surface area (Å²) >= 11 is 5.16. The van der Waals surface area contributed by atoms with E-state index in [0.717, 1.165) is 22.4 Å². The zero-order valence-corrected chi connectivity index (χ0v) is 7.97. The maximum absolute atomic E-state index is 5.16. The highest BCUT2D eigenvalue weighted by Crippen LogP contribution is 2.10. The molecule has 0 aliphatic carbocycles. The zero-order valence-electron chi connectivity index (χ0n) is 7.16. The van der Waals surface area contributed by atoms with Crippen molar-refractivity contribution in [3.05, 3.63) is 47.5 Å². The Morgan fingerprint density at radius 1 is 1.54 bits per heavy atom. The summed E-state index contributed by atoms with van der Waals surface area (Å²) < 4.78 is 2.71.